The summed E-state index contributed by atoms with van der Waals surface area (Å²) in [6, 6.07) is 6.51. The lowest BCUT2D eigenvalue weighted by atomic mass is 9.85. The van der Waals surface area contributed by atoms with Crippen LogP contribution in [0.3, 0.4) is 0 Å². The van der Waals surface area contributed by atoms with E-state index in [1.165, 1.54) is 6.07 Å². The van der Waals surface area contributed by atoms with Crippen LogP contribution in [0.4, 0.5) is 4.39 Å². The molecule has 164 valence electrons. The van der Waals surface area contributed by atoms with Crippen LogP contribution in [-0.2, 0) is 17.8 Å². The molecule has 1 fully saturated rings. The lowest BCUT2D eigenvalue weighted by Gasteiger charge is -2.25. The molecular formula is C22H20FN5O4. The van der Waals surface area contributed by atoms with Gasteiger partial charge in [0.2, 0.25) is 0 Å². The highest BCUT2D eigenvalue weighted by Gasteiger charge is 2.23. The van der Waals surface area contributed by atoms with Crippen molar-refractivity contribution in [3.8, 4) is 5.75 Å². The fourth-order valence-electron chi connectivity index (χ4n) is 3.81. The Kier molecular flexibility index (Phi) is 5.04. The summed E-state index contributed by atoms with van der Waals surface area (Å²) in [6.07, 6.45) is 4.44. The molecule has 0 radical (unpaired) electrons. The van der Waals surface area contributed by atoms with Crippen molar-refractivity contribution in [2.24, 2.45) is 5.92 Å². The minimum Gasteiger partial charge on any atom is -0.426 e. The summed E-state index contributed by atoms with van der Waals surface area (Å²) in [7, 11) is 0. The SMILES string of the molecule is O=C1Cc2cc(CNC(=O)c3cc(C(=O)NCC4CCC4)n4ncc(F)c4n3)ccc2O1. The van der Waals surface area contributed by atoms with Crippen LogP contribution < -0.4 is 15.4 Å². The van der Waals surface area contributed by atoms with Crippen LogP contribution in [0.1, 0.15) is 51.4 Å². The van der Waals surface area contributed by atoms with Crippen LogP contribution >= 0.6 is 0 Å². The second-order valence-corrected chi connectivity index (χ2v) is 8.04. The summed E-state index contributed by atoms with van der Waals surface area (Å²) in [5.41, 5.74) is 1.28. The summed E-state index contributed by atoms with van der Waals surface area (Å²) >= 11 is 0. The second-order valence-electron chi connectivity index (χ2n) is 8.04. The number of carbonyl (C=O) groups is 3. The van der Waals surface area contributed by atoms with E-state index in [2.05, 4.69) is 20.7 Å². The fourth-order valence-corrected chi connectivity index (χ4v) is 3.81. The first-order chi connectivity index (χ1) is 15.5. The van der Waals surface area contributed by atoms with Crippen molar-refractivity contribution in [2.45, 2.75) is 32.2 Å². The number of halogens is 1. The molecule has 2 aliphatic rings. The van der Waals surface area contributed by atoms with Gasteiger partial charge in [-0.3, -0.25) is 14.4 Å². The van der Waals surface area contributed by atoms with Gasteiger partial charge in [-0.2, -0.15) is 5.10 Å². The van der Waals surface area contributed by atoms with Gasteiger partial charge in [0, 0.05) is 24.7 Å². The van der Waals surface area contributed by atoms with Crippen LogP contribution in [0, 0.1) is 11.7 Å². The van der Waals surface area contributed by atoms with Crippen molar-refractivity contribution in [1.82, 2.24) is 25.2 Å². The van der Waals surface area contributed by atoms with E-state index in [4.69, 9.17) is 4.74 Å². The normalized spacial score (nSPS) is 15.2. The lowest BCUT2D eigenvalue weighted by molar-refractivity contribution is -0.131. The van der Waals surface area contributed by atoms with Crippen molar-refractivity contribution in [2.75, 3.05) is 6.54 Å². The molecule has 0 spiro atoms. The van der Waals surface area contributed by atoms with E-state index in [9.17, 15) is 18.8 Å². The predicted molar refractivity (Wildman–Crippen MR) is 110 cm³/mol. The van der Waals surface area contributed by atoms with Gasteiger partial charge in [0.15, 0.2) is 11.5 Å². The standard InChI is InChI=1S/C22H20FN5O4/c23-15-11-26-28-17(22(31)25-9-12-2-1-3-12)8-16(27-20(15)28)21(30)24-10-13-4-5-18-14(6-13)7-19(29)32-18/h4-6,8,11-12H,1-3,7,9-10H2,(H,24,30)(H,25,31). The maximum atomic E-state index is 14.2. The van der Waals surface area contributed by atoms with Crippen molar-refractivity contribution >= 4 is 23.4 Å². The number of aromatic nitrogens is 3. The topological polar surface area (TPSA) is 115 Å². The van der Waals surface area contributed by atoms with Crippen molar-refractivity contribution in [3.63, 3.8) is 0 Å². The van der Waals surface area contributed by atoms with Gasteiger partial charge in [-0.05, 0) is 36.5 Å². The van der Waals surface area contributed by atoms with Gasteiger partial charge < -0.3 is 15.4 Å². The van der Waals surface area contributed by atoms with E-state index in [0.717, 1.165) is 41.1 Å². The number of nitrogens with zero attached hydrogens (tertiary/aromatic N) is 3. The molecule has 2 aromatic heterocycles. The molecule has 1 saturated carbocycles. The Morgan fingerprint density at radius 2 is 2.03 bits per heavy atom. The number of nitrogens with one attached hydrogen (secondary N) is 2. The lowest BCUT2D eigenvalue weighted by Crippen LogP contribution is -2.34. The molecule has 0 unspecified atom stereocenters. The van der Waals surface area contributed by atoms with E-state index >= 15 is 0 Å². The van der Waals surface area contributed by atoms with Crippen LogP contribution in [0.2, 0.25) is 0 Å². The second kappa shape index (κ2) is 8.03. The maximum Gasteiger partial charge on any atom is 0.315 e. The Hall–Kier alpha value is -3.82. The molecule has 2 amide bonds. The molecule has 10 heteroatoms. The number of hydrogen-bond acceptors (Lipinski definition) is 6. The number of ether oxygens (including phenoxy) is 1. The van der Waals surface area contributed by atoms with E-state index in [1.54, 1.807) is 18.2 Å². The molecule has 3 aromatic rings. The van der Waals surface area contributed by atoms with Crippen LogP contribution in [0.25, 0.3) is 5.65 Å². The Balaban J connectivity index is 1.34. The Bertz CT molecular complexity index is 1250. The molecule has 0 bridgehead atoms. The minimum absolute atomic E-state index is 0.0385. The Labute approximate surface area is 182 Å². The maximum absolute atomic E-state index is 14.2. The van der Waals surface area contributed by atoms with Crippen LogP contribution in [-0.4, -0.2) is 38.9 Å². The number of fused-ring (bicyclic) bond motifs is 2. The number of carbonyl (C=O) groups excluding carboxylic acids is 3. The zero-order valence-corrected chi connectivity index (χ0v) is 17.1. The summed E-state index contributed by atoms with van der Waals surface area (Å²) < 4.78 is 20.3. The van der Waals surface area contributed by atoms with Gasteiger partial charge in [0.05, 0.1) is 12.6 Å². The van der Waals surface area contributed by atoms with Gasteiger partial charge in [-0.1, -0.05) is 12.5 Å². The highest BCUT2D eigenvalue weighted by Crippen LogP contribution is 2.27. The number of esters is 1. The zero-order chi connectivity index (χ0) is 22.2. The highest BCUT2D eigenvalue weighted by atomic mass is 19.1. The van der Waals surface area contributed by atoms with E-state index in [-0.39, 0.29) is 36.0 Å². The third-order valence-corrected chi connectivity index (χ3v) is 5.81. The van der Waals surface area contributed by atoms with E-state index in [1.807, 2.05) is 0 Å². The summed E-state index contributed by atoms with van der Waals surface area (Å²) in [5, 5.41) is 9.43. The van der Waals surface area contributed by atoms with Crippen LogP contribution in [0.15, 0.2) is 30.5 Å². The highest BCUT2D eigenvalue weighted by molar-refractivity contribution is 5.98. The summed E-state index contributed by atoms with van der Waals surface area (Å²) in [4.78, 5) is 40.9. The first-order valence-corrected chi connectivity index (χ1v) is 10.4. The molecule has 2 N–H and O–H groups in total. The Morgan fingerprint density at radius 3 is 2.81 bits per heavy atom. The molecule has 9 nitrogen and oxygen atoms in total. The molecule has 0 atom stereocenters. The van der Waals surface area contributed by atoms with Gasteiger partial charge in [-0.25, -0.2) is 13.9 Å². The molecule has 3 heterocycles. The molecule has 0 saturated heterocycles. The molecule has 5 rings (SSSR count). The first kappa shape index (κ1) is 20.1. The van der Waals surface area contributed by atoms with Crippen molar-refractivity contribution in [3.05, 3.63) is 58.8 Å². The average molecular weight is 437 g/mol. The van der Waals surface area contributed by atoms with Gasteiger partial charge >= 0.3 is 5.97 Å². The summed E-state index contributed by atoms with van der Waals surface area (Å²) in [6.45, 7) is 0.691. The molecule has 1 aliphatic carbocycles. The smallest absolute Gasteiger partial charge is 0.315 e. The third-order valence-electron chi connectivity index (χ3n) is 5.81. The molecule has 1 aliphatic heterocycles. The molecule has 1 aromatic carbocycles. The quantitative estimate of drug-likeness (QED) is 0.449. The van der Waals surface area contributed by atoms with Crippen molar-refractivity contribution in [1.29, 1.82) is 0 Å². The molecular weight excluding hydrogens is 417 g/mol. The van der Waals surface area contributed by atoms with Crippen LogP contribution in [0.5, 0.6) is 5.75 Å². The number of amides is 2. The van der Waals surface area contributed by atoms with Gasteiger partial charge in [0.25, 0.3) is 11.8 Å². The minimum atomic E-state index is -0.726. The average Bonchev–Trinajstić information content (AvgIpc) is 3.31. The number of hydrogen-bond donors (Lipinski definition) is 2. The summed E-state index contributed by atoms with van der Waals surface area (Å²) in [5.74, 6) is -1.08. The largest absolute Gasteiger partial charge is 0.426 e. The molecule has 32 heavy (non-hydrogen) atoms. The third kappa shape index (κ3) is 3.79. The van der Waals surface area contributed by atoms with Gasteiger partial charge in [-0.15, -0.1) is 0 Å². The number of benzene rings is 1. The first-order valence-electron chi connectivity index (χ1n) is 10.4. The van der Waals surface area contributed by atoms with Crippen molar-refractivity contribution < 1.29 is 23.5 Å². The van der Waals surface area contributed by atoms with E-state index < -0.39 is 17.6 Å². The zero-order valence-electron chi connectivity index (χ0n) is 17.1. The van der Waals surface area contributed by atoms with Gasteiger partial charge in [0.1, 0.15) is 17.1 Å². The monoisotopic (exact) mass is 437 g/mol. The fraction of sp³-hybridized carbons (Fsp3) is 0.318. The number of rotatable bonds is 6. The predicted octanol–water partition coefficient (Wildman–Crippen LogP) is 1.79. The van der Waals surface area contributed by atoms with E-state index in [0.29, 0.717) is 18.2 Å². The Morgan fingerprint density at radius 1 is 1.19 bits per heavy atom.